The topological polar surface area (TPSA) is 53.6 Å². The van der Waals surface area contributed by atoms with Gasteiger partial charge in [-0.2, -0.15) is 11.8 Å². The fraction of sp³-hybridized carbons (Fsp3) is 0.944. The van der Waals surface area contributed by atoms with E-state index in [1.807, 2.05) is 16.7 Å². The van der Waals surface area contributed by atoms with Crippen molar-refractivity contribution in [1.82, 2.24) is 15.5 Å². The van der Waals surface area contributed by atoms with E-state index in [1.165, 1.54) is 31.4 Å². The van der Waals surface area contributed by atoms with E-state index in [2.05, 4.69) is 17.6 Å². The largest absolute Gasteiger partial charge is 0.368 e. The van der Waals surface area contributed by atoms with Crippen LogP contribution >= 0.6 is 11.8 Å². The quantitative estimate of drug-likeness (QED) is 0.765. The summed E-state index contributed by atoms with van der Waals surface area (Å²) in [6, 6.07) is 0. The third-order valence-electron chi connectivity index (χ3n) is 5.49. The van der Waals surface area contributed by atoms with Gasteiger partial charge in [0.1, 0.15) is 12.9 Å². The summed E-state index contributed by atoms with van der Waals surface area (Å²) in [4.78, 5) is 14.8. The van der Waals surface area contributed by atoms with Crippen molar-refractivity contribution in [2.24, 2.45) is 5.92 Å². The Morgan fingerprint density at radius 3 is 2.54 bits per heavy atom. The van der Waals surface area contributed by atoms with Gasteiger partial charge in [0, 0.05) is 11.8 Å². The summed E-state index contributed by atoms with van der Waals surface area (Å²) in [6.45, 7) is 5.32. The van der Waals surface area contributed by atoms with Gasteiger partial charge in [0.05, 0.1) is 6.10 Å². The minimum absolute atomic E-state index is 0.0255. The number of carbonyl (C=O) groups excluding carboxylic acids is 1. The Hall–Kier alpha value is -0.300. The van der Waals surface area contributed by atoms with Crippen LogP contribution in [0, 0.1) is 5.92 Å². The average molecular weight is 356 g/mol. The van der Waals surface area contributed by atoms with Crippen molar-refractivity contribution in [3.05, 3.63) is 0 Å². The lowest BCUT2D eigenvalue weighted by Crippen LogP contribution is -2.62. The van der Waals surface area contributed by atoms with Crippen LogP contribution in [0.5, 0.6) is 0 Å². The van der Waals surface area contributed by atoms with Crippen LogP contribution in [0.2, 0.25) is 0 Å². The third kappa shape index (κ3) is 5.35. The molecule has 0 aromatic carbocycles. The van der Waals surface area contributed by atoms with E-state index in [4.69, 9.17) is 4.74 Å². The smallest absolute Gasteiger partial charge is 0.250 e. The maximum atomic E-state index is 12.8. The molecule has 24 heavy (non-hydrogen) atoms. The molecule has 0 aromatic heterocycles. The third-order valence-corrected chi connectivity index (χ3v) is 6.87. The number of thioether (sulfide) groups is 1. The number of rotatable bonds is 6. The van der Waals surface area contributed by atoms with Gasteiger partial charge in [-0.1, -0.05) is 6.92 Å². The van der Waals surface area contributed by atoms with Gasteiger partial charge in [-0.15, -0.1) is 0 Å². The molecule has 0 bridgehead atoms. The summed E-state index contributed by atoms with van der Waals surface area (Å²) < 4.78 is 5.98. The second-order valence-corrected chi connectivity index (χ2v) is 8.95. The predicted octanol–water partition coefficient (Wildman–Crippen LogP) is 2.17. The first-order valence-corrected chi connectivity index (χ1v) is 10.8. The summed E-state index contributed by atoms with van der Waals surface area (Å²) in [6.07, 6.45) is 8.54. The van der Waals surface area contributed by atoms with Crippen LogP contribution in [-0.2, 0) is 9.53 Å². The van der Waals surface area contributed by atoms with Crippen LogP contribution < -0.4 is 10.6 Å². The number of ether oxygens (including phenoxy) is 1. The molecule has 1 saturated carbocycles. The Morgan fingerprint density at radius 1 is 1.12 bits per heavy atom. The molecular weight excluding hydrogens is 322 g/mol. The molecule has 1 unspecified atom stereocenters. The fourth-order valence-electron chi connectivity index (χ4n) is 3.89. The molecule has 0 aromatic rings. The molecule has 1 aliphatic carbocycles. The second kappa shape index (κ2) is 9.41. The SMILES string of the molecule is CC1CCC(OCC(=O)N(CC2CCCS2)C2NCCCN2)CC1. The average Bonchev–Trinajstić information content (AvgIpc) is 3.13. The zero-order chi connectivity index (χ0) is 16.8. The van der Waals surface area contributed by atoms with Gasteiger partial charge in [-0.3, -0.25) is 15.4 Å². The first-order valence-electron chi connectivity index (χ1n) is 9.72. The van der Waals surface area contributed by atoms with Crippen molar-refractivity contribution in [3.63, 3.8) is 0 Å². The van der Waals surface area contributed by atoms with Crippen molar-refractivity contribution in [2.45, 2.75) is 69.5 Å². The van der Waals surface area contributed by atoms with E-state index in [0.717, 1.165) is 44.8 Å². The lowest BCUT2D eigenvalue weighted by atomic mass is 9.89. The number of nitrogens with zero attached hydrogens (tertiary/aromatic N) is 1. The Balaban J connectivity index is 1.51. The highest BCUT2D eigenvalue weighted by Gasteiger charge is 2.29. The van der Waals surface area contributed by atoms with Crippen molar-refractivity contribution < 1.29 is 9.53 Å². The Labute approximate surface area is 150 Å². The van der Waals surface area contributed by atoms with E-state index in [0.29, 0.717) is 5.25 Å². The monoisotopic (exact) mass is 355 g/mol. The Morgan fingerprint density at radius 2 is 1.88 bits per heavy atom. The Bertz CT molecular complexity index is 390. The van der Waals surface area contributed by atoms with E-state index in [9.17, 15) is 4.79 Å². The molecule has 0 spiro atoms. The van der Waals surface area contributed by atoms with Gasteiger partial charge >= 0.3 is 0 Å². The molecule has 1 atom stereocenters. The molecule has 1 amide bonds. The first kappa shape index (κ1) is 18.5. The molecule has 2 saturated heterocycles. The van der Waals surface area contributed by atoms with Crippen LogP contribution in [0.4, 0.5) is 0 Å². The molecule has 0 radical (unpaired) electrons. The molecule has 2 aliphatic heterocycles. The number of carbonyl (C=O) groups is 1. The molecule has 3 fully saturated rings. The summed E-state index contributed by atoms with van der Waals surface area (Å²) in [5, 5.41) is 7.47. The number of hydrogen-bond donors (Lipinski definition) is 2. The van der Waals surface area contributed by atoms with Crippen molar-refractivity contribution in [3.8, 4) is 0 Å². The van der Waals surface area contributed by atoms with Crippen molar-refractivity contribution >= 4 is 17.7 Å². The summed E-state index contributed by atoms with van der Waals surface area (Å²) in [5.74, 6) is 2.18. The molecule has 2 N–H and O–H groups in total. The van der Waals surface area contributed by atoms with Crippen molar-refractivity contribution in [1.29, 1.82) is 0 Å². The van der Waals surface area contributed by atoms with E-state index in [1.54, 1.807) is 0 Å². The summed E-state index contributed by atoms with van der Waals surface area (Å²) in [7, 11) is 0. The van der Waals surface area contributed by atoms with Crippen LogP contribution in [0.3, 0.4) is 0 Å². The van der Waals surface area contributed by atoms with Crippen LogP contribution in [0.1, 0.15) is 51.9 Å². The van der Waals surface area contributed by atoms with E-state index in [-0.39, 0.29) is 24.9 Å². The van der Waals surface area contributed by atoms with Gasteiger partial charge in [0.15, 0.2) is 0 Å². The lowest BCUT2D eigenvalue weighted by molar-refractivity contribution is -0.143. The highest BCUT2D eigenvalue weighted by Crippen LogP contribution is 2.28. The molecule has 138 valence electrons. The molecule has 3 rings (SSSR count). The van der Waals surface area contributed by atoms with Crippen LogP contribution in [-0.4, -0.2) is 60.4 Å². The fourth-order valence-corrected chi connectivity index (χ4v) is 5.15. The first-order chi connectivity index (χ1) is 11.7. The zero-order valence-corrected chi connectivity index (χ0v) is 15.8. The number of amides is 1. The standard InChI is InChI=1S/C18H33N3O2S/c1-14-5-7-15(8-6-14)23-13-17(22)21(12-16-4-2-11-24-16)18-19-9-3-10-20-18/h14-16,18-20H,2-13H2,1H3. The van der Waals surface area contributed by atoms with Crippen LogP contribution in [0.25, 0.3) is 0 Å². The summed E-state index contributed by atoms with van der Waals surface area (Å²) in [5.41, 5.74) is 0. The minimum Gasteiger partial charge on any atom is -0.368 e. The molecule has 5 nitrogen and oxygen atoms in total. The van der Waals surface area contributed by atoms with Gasteiger partial charge in [0.25, 0.3) is 5.91 Å². The maximum Gasteiger partial charge on any atom is 0.250 e. The number of hydrogen-bond acceptors (Lipinski definition) is 5. The second-order valence-electron chi connectivity index (χ2n) is 7.54. The molecule has 6 heteroatoms. The number of nitrogens with one attached hydrogen (secondary N) is 2. The zero-order valence-electron chi connectivity index (χ0n) is 15.0. The molecular formula is C18H33N3O2S. The highest BCUT2D eigenvalue weighted by atomic mass is 32.2. The van der Waals surface area contributed by atoms with Gasteiger partial charge in [0.2, 0.25) is 0 Å². The van der Waals surface area contributed by atoms with E-state index >= 15 is 0 Å². The highest BCUT2D eigenvalue weighted by molar-refractivity contribution is 8.00. The van der Waals surface area contributed by atoms with Gasteiger partial charge < -0.3 is 9.64 Å². The maximum absolute atomic E-state index is 12.8. The molecule has 3 aliphatic rings. The van der Waals surface area contributed by atoms with Gasteiger partial charge in [-0.05, 0) is 69.7 Å². The minimum atomic E-state index is -0.0255. The van der Waals surface area contributed by atoms with Gasteiger partial charge in [-0.25, -0.2) is 0 Å². The van der Waals surface area contributed by atoms with Crippen molar-refractivity contribution in [2.75, 3.05) is 32.0 Å². The van der Waals surface area contributed by atoms with E-state index < -0.39 is 0 Å². The molecule has 2 heterocycles. The van der Waals surface area contributed by atoms with Crippen LogP contribution in [0.15, 0.2) is 0 Å². The normalized spacial score (nSPS) is 32.0. The Kier molecular flexibility index (Phi) is 7.25. The summed E-state index contributed by atoms with van der Waals surface area (Å²) >= 11 is 2.01. The lowest BCUT2D eigenvalue weighted by Gasteiger charge is -2.37. The predicted molar refractivity (Wildman–Crippen MR) is 99.0 cm³/mol.